The van der Waals surface area contributed by atoms with Gasteiger partial charge in [0.25, 0.3) is 0 Å². The third kappa shape index (κ3) is 3.43. The van der Waals surface area contributed by atoms with Gasteiger partial charge < -0.3 is 10.6 Å². The standard InChI is InChI=1S/C13H14ClF3N2O/c1-7-5-18-6-11(7)12(20)19-10-3-8(13(15,16)17)2-9(14)4-10/h2-4,7,11,18H,5-6H2,1H3,(H,19,20)/t7-,11-/m1/s1. The molecule has 1 amide bonds. The van der Waals surface area contributed by atoms with Crippen molar-refractivity contribution in [1.29, 1.82) is 0 Å². The second-order valence-corrected chi connectivity index (χ2v) is 5.39. The molecule has 1 fully saturated rings. The molecule has 0 aliphatic carbocycles. The number of hydrogen-bond donors (Lipinski definition) is 2. The van der Waals surface area contributed by atoms with E-state index in [1.807, 2.05) is 6.92 Å². The van der Waals surface area contributed by atoms with Crippen LogP contribution < -0.4 is 10.6 Å². The van der Waals surface area contributed by atoms with Gasteiger partial charge >= 0.3 is 6.18 Å². The van der Waals surface area contributed by atoms with Crippen LogP contribution in [0.15, 0.2) is 18.2 Å². The van der Waals surface area contributed by atoms with E-state index in [2.05, 4.69) is 10.6 Å². The first-order chi connectivity index (χ1) is 9.27. The van der Waals surface area contributed by atoms with Crippen LogP contribution in [-0.2, 0) is 11.0 Å². The van der Waals surface area contributed by atoms with Crippen LogP contribution in [0.1, 0.15) is 12.5 Å². The number of carbonyl (C=O) groups is 1. The summed E-state index contributed by atoms with van der Waals surface area (Å²) in [7, 11) is 0. The van der Waals surface area contributed by atoms with Crippen molar-refractivity contribution >= 4 is 23.2 Å². The number of hydrogen-bond acceptors (Lipinski definition) is 2. The van der Waals surface area contributed by atoms with Crippen molar-refractivity contribution in [3.8, 4) is 0 Å². The highest BCUT2D eigenvalue weighted by molar-refractivity contribution is 6.31. The second kappa shape index (κ2) is 5.61. The van der Waals surface area contributed by atoms with Gasteiger partial charge in [-0.25, -0.2) is 0 Å². The van der Waals surface area contributed by atoms with Crippen LogP contribution >= 0.6 is 11.6 Å². The summed E-state index contributed by atoms with van der Waals surface area (Å²) in [5, 5.41) is 5.51. The number of nitrogens with one attached hydrogen (secondary N) is 2. The Morgan fingerprint density at radius 1 is 1.35 bits per heavy atom. The highest BCUT2D eigenvalue weighted by Gasteiger charge is 2.32. The maximum atomic E-state index is 12.7. The minimum Gasteiger partial charge on any atom is -0.326 e. The topological polar surface area (TPSA) is 41.1 Å². The van der Waals surface area contributed by atoms with Crippen LogP contribution in [0.4, 0.5) is 18.9 Å². The van der Waals surface area contributed by atoms with Crippen LogP contribution in [0.2, 0.25) is 5.02 Å². The van der Waals surface area contributed by atoms with E-state index in [9.17, 15) is 18.0 Å². The maximum Gasteiger partial charge on any atom is 0.416 e. The molecular weight excluding hydrogens is 293 g/mol. The Morgan fingerprint density at radius 2 is 2.05 bits per heavy atom. The van der Waals surface area contributed by atoms with Crippen molar-refractivity contribution < 1.29 is 18.0 Å². The summed E-state index contributed by atoms with van der Waals surface area (Å²) in [5.41, 5.74) is -0.813. The first-order valence-electron chi connectivity index (χ1n) is 6.17. The summed E-state index contributed by atoms with van der Waals surface area (Å²) in [6, 6.07) is 3.02. The first-order valence-corrected chi connectivity index (χ1v) is 6.54. The van der Waals surface area contributed by atoms with Crippen molar-refractivity contribution in [2.24, 2.45) is 11.8 Å². The molecule has 2 rings (SSSR count). The van der Waals surface area contributed by atoms with Crippen molar-refractivity contribution in [3.63, 3.8) is 0 Å². The number of rotatable bonds is 2. The maximum absolute atomic E-state index is 12.7. The van der Waals surface area contributed by atoms with Gasteiger partial charge in [-0.2, -0.15) is 13.2 Å². The molecule has 0 bridgehead atoms. The quantitative estimate of drug-likeness (QED) is 0.881. The fraction of sp³-hybridized carbons (Fsp3) is 0.462. The van der Waals surface area contributed by atoms with E-state index in [1.54, 1.807) is 0 Å². The number of carbonyl (C=O) groups excluding carboxylic acids is 1. The fourth-order valence-corrected chi connectivity index (χ4v) is 2.46. The summed E-state index contributed by atoms with van der Waals surface area (Å²) < 4.78 is 38.0. The zero-order chi connectivity index (χ0) is 14.9. The molecule has 0 unspecified atom stereocenters. The number of benzene rings is 1. The van der Waals surface area contributed by atoms with Crippen LogP contribution in [0.3, 0.4) is 0 Å². The van der Waals surface area contributed by atoms with Crippen molar-refractivity contribution in [3.05, 3.63) is 28.8 Å². The monoisotopic (exact) mass is 306 g/mol. The molecule has 2 atom stereocenters. The van der Waals surface area contributed by atoms with E-state index in [0.717, 1.165) is 18.7 Å². The van der Waals surface area contributed by atoms with Gasteiger partial charge in [-0.1, -0.05) is 18.5 Å². The summed E-state index contributed by atoms with van der Waals surface area (Å²) in [6.45, 7) is 3.17. The number of alkyl halides is 3. The zero-order valence-electron chi connectivity index (χ0n) is 10.7. The van der Waals surface area contributed by atoms with Gasteiger partial charge in [-0.3, -0.25) is 4.79 Å². The van der Waals surface area contributed by atoms with Crippen LogP contribution in [-0.4, -0.2) is 19.0 Å². The Hall–Kier alpha value is -1.27. The summed E-state index contributed by atoms with van der Waals surface area (Å²) in [5.74, 6) is -0.391. The lowest BCUT2D eigenvalue weighted by Crippen LogP contribution is -2.28. The van der Waals surface area contributed by atoms with E-state index >= 15 is 0 Å². The lowest BCUT2D eigenvalue weighted by molar-refractivity contribution is -0.137. The van der Waals surface area contributed by atoms with Crippen molar-refractivity contribution in [2.45, 2.75) is 13.1 Å². The molecule has 1 aromatic rings. The summed E-state index contributed by atoms with van der Waals surface area (Å²) >= 11 is 5.66. The first kappa shape index (κ1) is 15.1. The minimum absolute atomic E-state index is 0.0623. The SMILES string of the molecule is C[C@@H]1CNC[C@H]1C(=O)Nc1cc(Cl)cc(C(F)(F)F)c1. The summed E-state index contributed by atoms with van der Waals surface area (Å²) in [4.78, 5) is 12.0. The highest BCUT2D eigenvalue weighted by atomic mass is 35.5. The molecule has 20 heavy (non-hydrogen) atoms. The fourth-order valence-electron chi connectivity index (χ4n) is 2.22. The Kier molecular flexibility index (Phi) is 4.25. The summed E-state index contributed by atoms with van der Waals surface area (Å²) in [6.07, 6.45) is -4.49. The Labute approximate surface area is 119 Å². The van der Waals surface area contributed by atoms with Crippen molar-refractivity contribution in [2.75, 3.05) is 18.4 Å². The highest BCUT2D eigenvalue weighted by Crippen LogP contribution is 2.33. The zero-order valence-corrected chi connectivity index (χ0v) is 11.5. The smallest absolute Gasteiger partial charge is 0.326 e. The number of halogens is 4. The average molecular weight is 307 g/mol. The second-order valence-electron chi connectivity index (χ2n) is 4.96. The number of amides is 1. The van der Waals surface area contributed by atoms with Gasteiger partial charge in [0.05, 0.1) is 11.5 Å². The molecule has 2 N–H and O–H groups in total. The molecule has 1 saturated heterocycles. The lowest BCUT2D eigenvalue weighted by atomic mass is 9.97. The molecule has 1 heterocycles. The minimum atomic E-state index is -4.49. The van der Waals surface area contributed by atoms with Crippen molar-refractivity contribution in [1.82, 2.24) is 5.32 Å². The van der Waals surface area contributed by atoms with E-state index in [0.29, 0.717) is 6.54 Å². The molecule has 0 aromatic heterocycles. The predicted octanol–water partition coefficient (Wildman–Crippen LogP) is 3.15. The molecule has 1 aromatic carbocycles. The number of anilines is 1. The Morgan fingerprint density at radius 3 is 2.60 bits per heavy atom. The van der Waals surface area contributed by atoms with Gasteiger partial charge in [-0.05, 0) is 30.7 Å². The molecule has 3 nitrogen and oxygen atoms in total. The van der Waals surface area contributed by atoms with Gasteiger partial charge in [0.15, 0.2) is 0 Å². The molecule has 0 saturated carbocycles. The van der Waals surface area contributed by atoms with Crippen LogP contribution in [0.25, 0.3) is 0 Å². The lowest BCUT2D eigenvalue weighted by Gasteiger charge is -2.15. The van der Waals surface area contributed by atoms with Crippen LogP contribution in [0.5, 0.6) is 0 Å². The van der Waals surface area contributed by atoms with Gasteiger partial charge in [0.2, 0.25) is 5.91 Å². The average Bonchev–Trinajstić information content (AvgIpc) is 2.73. The van der Waals surface area contributed by atoms with E-state index in [-0.39, 0.29) is 28.5 Å². The molecule has 1 aliphatic heterocycles. The Bertz CT molecular complexity index is 519. The van der Waals surface area contributed by atoms with E-state index in [1.165, 1.54) is 6.07 Å². The predicted molar refractivity (Wildman–Crippen MR) is 70.6 cm³/mol. The van der Waals surface area contributed by atoms with E-state index in [4.69, 9.17) is 11.6 Å². The van der Waals surface area contributed by atoms with Gasteiger partial charge in [0.1, 0.15) is 0 Å². The van der Waals surface area contributed by atoms with Crippen LogP contribution in [0, 0.1) is 11.8 Å². The molecule has 1 aliphatic rings. The normalized spacial score (nSPS) is 22.9. The van der Waals surface area contributed by atoms with Gasteiger partial charge in [0, 0.05) is 17.3 Å². The molecule has 0 radical (unpaired) electrons. The Balaban J connectivity index is 2.17. The molecule has 110 valence electrons. The van der Waals surface area contributed by atoms with E-state index < -0.39 is 11.7 Å². The molecule has 0 spiro atoms. The molecular formula is C13H14ClF3N2O. The third-order valence-corrected chi connectivity index (χ3v) is 3.57. The third-order valence-electron chi connectivity index (χ3n) is 3.35. The molecule has 7 heteroatoms. The largest absolute Gasteiger partial charge is 0.416 e. The van der Waals surface area contributed by atoms with Gasteiger partial charge in [-0.15, -0.1) is 0 Å².